The van der Waals surface area contributed by atoms with Crippen molar-refractivity contribution in [2.75, 3.05) is 0 Å². The van der Waals surface area contributed by atoms with E-state index >= 15 is 0 Å². The number of hydrogen-bond acceptors (Lipinski definition) is 1. The van der Waals surface area contributed by atoms with E-state index in [-0.39, 0.29) is 6.10 Å². The number of rotatable bonds is 7. The van der Waals surface area contributed by atoms with Crippen molar-refractivity contribution < 1.29 is 5.11 Å². The molecular weight excluding hydrogens is 256 g/mol. The summed E-state index contributed by atoms with van der Waals surface area (Å²) in [4.78, 5) is 0. The first-order valence-corrected chi connectivity index (χ1v) is 8.12. The van der Waals surface area contributed by atoms with Crippen LogP contribution in [0.15, 0.2) is 48.5 Å². The minimum atomic E-state index is -0.347. The lowest BCUT2D eigenvalue weighted by atomic mass is 9.99. The summed E-state index contributed by atoms with van der Waals surface area (Å²) in [6.07, 6.45) is 5.44. The van der Waals surface area contributed by atoms with Crippen molar-refractivity contribution >= 4 is 0 Å². The molecule has 1 heteroatoms. The third kappa shape index (κ3) is 4.44. The molecule has 0 radical (unpaired) electrons. The number of aliphatic hydroxyl groups excluding tert-OH is 1. The molecule has 0 aromatic heterocycles. The Morgan fingerprint density at radius 1 is 0.810 bits per heavy atom. The van der Waals surface area contributed by atoms with E-state index in [1.807, 2.05) is 19.1 Å². The van der Waals surface area contributed by atoms with Crippen LogP contribution >= 0.6 is 0 Å². The molecule has 0 saturated heterocycles. The quantitative estimate of drug-likeness (QED) is 0.662. The summed E-state index contributed by atoms with van der Waals surface area (Å²) in [5.41, 5.74) is 4.87. The van der Waals surface area contributed by atoms with E-state index in [1.165, 1.54) is 42.4 Å². The highest BCUT2D eigenvalue weighted by molar-refractivity contribution is 5.64. The molecule has 21 heavy (non-hydrogen) atoms. The molecule has 2 aromatic carbocycles. The second-order valence-corrected chi connectivity index (χ2v) is 5.70. The summed E-state index contributed by atoms with van der Waals surface area (Å²) >= 11 is 0. The summed E-state index contributed by atoms with van der Waals surface area (Å²) in [6.45, 7) is 4.23. The average molecular weight is 282 g/mol. The van der Waals surface area contributed by atoms with Gasteiger partial charge in [-0.05, 0) is 41.5 Å². The third-order valence-electron chi connectivity index (χ3n) is 4.04. The van der Waals surface area contributed by atoms with Crippen LogP contribution in [-0.2, 0) is 6.42 Å². The predicted octanol–water partition coefficient (Wildman–Crippen LogP) is 5.53. The van der Waals surface area contributed by atoms with Crippen molar-refractivity contribution in [2.45, 2.75) is 52.1 Å². The Morgan fingerprint density at radius 2 is 1.38 bits per heavy atom. The molecule has 2 aromatic rings. The standard InChI is InChI=1S/C20H26O/c1-3-5-6-7-16-8-10-17(11-9-16)18-12-14-19(15-13-18)20(21)4-2/h8-15,20-21H,3-7H2,1-2H3. The first-order valence-electron chi connectivity index (χ1n) is 8.12. The van der Waals surface area contributed by atoms with Crippen LogP contribution < -0.4 is 0 Å². The molecule has 0 heterocycles. The number of aliphatic hydroxyl groups is 1. The van der Waals surface area contributed by atoms with Gasteiger partial charge in [0.25, 0.3) is 0 Å². The molecule has 0 aliphatic heterocycles. The predicted molar refractivity (Wildman–Crippen MR) is 90.4 cm³/mol. The van der Waals surface area contributed by atoms with Crippen molar-refractivity contribution in [1.82, 2.24) is 0 Å². The minimum Gasteiger partial charge on any atom is -0.388 e. The molecule has 1 nitrogen and oxygen atoms in total. The van der Waals surface area contributed by atoms with E-state index in [2.05, 4.69) is 43.3 Å². The van der Waals surface area contributed by atoms with Gasteiger partial charge in [-0.15, -0.1) is 0 Å². The van der Waals surface area contributed by atoms with Crippen LogP contribution in [0.25, 0.3) is 11.1 Å². The maximum absolute atomic E-state index is 9.83. The highest BCUT2D eigenvalue weighted by Crippen LogP contribution is 2.24. The number of unbranched alkanes of at least 4 members (excludes halogenated alkanes) is 2. The average Bonchev–Trinajstić information content (AvgIpc) is 2.55. The van der Waals surface area contributed by atoms with Gasteiger partial charge in [-0.2, -0.15) is 0 Å². The number of benzene rings is 2. The normalized spacial score (nSPS) is 12.3. The van der Waals surface area contributed by atoms with Gasteiger partial charge in [0.1, 0.15) is 0 Å². The summed E-state index contributed by atoms with van der Waals surface area (Å²) in [5, 5.41) is 9.83. The molecule has 0 fully saturated rings. The lowest BCUT2D eigenvalue weighted by Crippen LogP contribution is -1.94. The second-order valence-electron chi connectivity index (χ2n) is 5.70. The molecule has 0 bridgehead atoms. The molecule has 0 aliphatic carbocycles. The van der Waals surface area contributed by atoms with Gasteiger partial charge in [-0.1, -0.05) is 75.2 Å². The van der Waals surface area contributed by atoms with Crippen LogP contribution in [0.2, 0.25) is 0 Å². The number of aryl methyl sites for hydroxylation is 1. The highest BCUT2D eigenvalue weighted by Gasteiger charge is 2.05. The van der Waals surface area contributed by atoms with Gasteiger partial charge in [-0.3, -0.25) is 0 Å². The minimum absolute atomic E-state index is 0.347. The van der Waals surface area contributed by atoms with Crippen molar-refractivity contribution in [2.24, 2.45) is 0 Å². The van der Waals surface area contributed by atoms with Crippen LogP contribution in [0, 0.1) is 0 Å². The van der Waals surface area contributed by atoms with Crippen molar-refractivity contribution in [1.29, 1.82) is 0 Å². The van der Waals surface area contributed by atoms with Gasteiger partial charge >= 0.3 is 0 Å². The fraction of sp³-hybridized carbons (Fsp3) is 0.400. The number of hydrogen-bond donors (Lipinski definition) is 1. The van der Waals surface area contributed by atoms with E-state index < -0.39 is 0 Å². The topological polar surface area (TPSA) is 20.2 Å². The maximum atomic E-state index is 9.83. The van der Waals surface area contributed by atoms with E-state index in [4.69, 9.17) is 0 Å². The van der Waals surface area contributed by atoms with Crippen molar-refractivity contribution in [3.8, 4) is 11.1 Å². The smallest absolute Gasteiger partial charge is 0.0787 e. The molecule has 1 unspecified atom stereocenters. The molecule has 2 rings (SSSR count). The fourth-order valence-electron chi connectivity index (χ4n) is 2.58. The van der Waals surface area contributed by atoms with Crippen LogP contribution in [0.1, 0.15) is 56.8 Å². The first-order chi connectivity index (χ1) is 10.2. The Morgan fingerprint density at radius 3 is 1.90 bits per heavy atom. The summed E-state index contributed by atoms with van der Waals surface area (Å²) in [5.74, 6) is 0. The Labute approximate surface area is 128 Å². The molecule has 1 N–H and O–H groups in total. The second kappa shape index (κ2) is 7.99. The van der Waals surface area contributed by atoms with Gasteiger partial charge in [0.2, 0.25) is 0 Å². The van der Waals surface area contributed by atoms with E-state index in [1.54, 1.807) is 0 Å². The fourth-order valence-corrected chi connectivity index (χ4v) is 2.58. The zero-order valence-electron chi connectivity index (χ0n) is 13.2. The van der Waals surface area contributed by atoms with Crippen LogP contribution in [-0.4, -0.2) is 5.11 Å². The lowest BCUT2D eigenvalue weighted by molar-refractivity contribution is 0.173. The molecule has 1 atom stereocenters. The van der Waals surface area contributed by atoms with Crippen LogP contribution in [0.5, 0.6) is 0 Å². The molecule has 112 valence electrons. The van der Waals surface area contributed by atoms with Crippen molar-refractivity contribution in [3.63, 3.8) is 0 Å². The van der Waals surface area contributed by atoms with Gasteiger partial charge in [-0.25, -0.2) is 0 Å². The van der Waals surface area contributed by atoms with Gasteiger partial charge in [0, 0.05) is 0 Å². The SMILES string of the molecule is CCCCCc1ccc(-c2ccc(C(O)CC)cc2)cc1. The zero-order valence-corrected chi connectivity index (χ0v) is 13.2. The van der Waals surface area contributed by atoms with E-state index in [0.29, 0.717) is 0 Å². The van der Waals surface area contributed by atoms with Crippen molar-refractivity contribution in [3.05, 3.63) is 59.7 Å². The lowest BCUT2D eigenvalue weighted by Gasteiger charge is -2.09. The Hall–Kier alpha value is -1.60. The first kappa shape index (κ1) is 15.8. The third-order valence-corrected chi connectivity index (χ3v) is 4.04. The summed E-state index contributed by atoms with van der Waals surface area (Å²) < 4.78 is 0. The Balaban J connectivity index is 2.04. The summed E-state index contributed by atoms with van der Waals surface area (Å²) in [7, 11) is 0. The van der Waals surface area contributed by atoms with Gasteiger partial charge < -0.3 is 5.11 Å². The molecular formula is C20H26O. The monoisotopic (exact) mass is 282 g/mol. The van der Waals surface area contributed by atoms with Crippen LogP contribution in [0.4, 0.5) is 0 Å². The van der Waals surface area contributed by atoms with Crippen LogP contribution in [0.3, 0.4) is 0 Å². The zero-order chi connectivity index (χ0) is 15.1. The highest BCUT2D eigenvalue weighted by atomic mass is 16.3. The van der Waals surface area contributed by atoms with Gasteiger partial charge in [0.05, 0.1) is 6.10 Å². The molecule has 0 spiro atoms. The Bertz CT molecular complexity index is 525. The Kier molecular flexibility index (Phi) is 6.01. The van der Waals surface area contributed by atoms with E-state index in [0.717, 1.165) is 12.0 Å². The molecule has 0 saturated carbocycles. The molecule has 0 aliphatic rings. The summed E-state index contributed by atoms with van der Waals surface area (Å²) in [6, 6.07) is 17.1. The molecule has 0 amide bonds. The maximum Gasteiger partial charge on any atom is 0.0787 e. The largest absolute Gasteiger partial charge is 0.388 e. The van der Waals surface area contributed by atoms with E-state index in [9.17, 15) is 5.11 Å². The van der Waals surface area contributed by atoms with Gasteiger partial charge in [0.15, 0.2) is 0 Å².